The van der Waals surface area contributed by atoms with Crippen LogP contribution in [0.4, 0.5) is 0 Å². The number of esters is 2. The summed E-state index contributed by atoms with van der Waals surface area (Å²) in [5, 5.41) is 0. The minimum absolute atomic E-state index is 0.00467. The van der Waals surface area contributed by atoms with E-state index in [2.05, 4.69) is 0 Å². The van der Waals surface area contributed by atoms with Crippen LogP contribution in [0.5, 0.6) is 0 Å². The van der Waals surface area contributed by atoms with Crippen LogP contribution in [-0.4, -0.2) is 43.1 Å². The summed E-state index contributed by atoms with van der Waals surface area (Å²) in [6.07, 6.45) is -1.06. The Morgan fingerprint density at radius 2 is 1.15 bits per heavy atom. The summed E-state index contributed by atoms with van der Waals surface area (Å²) in [4.78, 5) is 24.2. The van der Waals surface area contributed by atoms with Gasteiger partial charge >= 0.3 is 11.9 Å². The molecule has 0 radical (unpaired) electrons. The van der Waals surface area contributed by atoms with Gasteiger partial charge in [-0.25, -0.2) is 9.59 Å². The van der Waals surface area contributed by atoms with Gasteiger partial charge in [0.2, 0.25) is 0 Å². The van der Waals surface area contributed by atoms with Crippen LogP contribution in [0.15, 0.2) is 60.7 Å². The van der Waals surface area contributed by atoms with Crippen LogP contribution in [0.25, 0.3) is 0 Å². The lowest BCUT2D eigenvalue weighted by atomic mass is 10.2. The molecule has 0 aliphatic carbocycles. The Morgan fingerprint density at radius 1 is 0.778 bits per heavy atom. The Hall–Kier alpha value is -2.70. The Morgan fingerprint density at radius 3 is 1.52 bits per heavy atom. The van der Waals surface area contributed by atoms with Gasteiger partial charge in [0.1, 0.15) is 25.4 Å². The monoisotopic (exact) mass is 370 g/mol. The highest BCUT2D eigenvalue weighted by molar-refractivity contribution is 5.89. The van der Waals surface area contributed by atoms with Crippen LogP contribution in [0.2, 0.25) is 0 Å². The second-order valence-electron chi connectivity index (χ2n) is 6.64. The first kappa shape index (κ1) is 19.1. The van der Waals surface area contributed by atoms with E-state index >= 15 is 0 Å². The van der Waals surface area contributed by atoms with E-state index in [9.17, 15) is 9.59 Å². The Bertz CT molecular complexity index is 706. The first-order valence-corrected chi connectivity index (χ1v) is 8.74. The third-order valence-corrected chi connectivity index (χ3v) is 4.06. The number of carbonyl (C=O) groups is 2. The summed E-state index contributed by atoms with van der Waals surface area (Å²) < 4.78 is 22.3. The van der Waals surface area contributed by atoms with E-state index < -0.39 is 29.9 Å². The van der Waals surface area contributed by atoms with Gasteiger partial charge in [0.25, 0.3) is 0 Å². The fourth-order valence-corrected chi connectivity index (χ4v) is 2.82. The highest BCUT2D eigenvalue weighted by Gasteiger charge is 2.42. The van der Waals surface area contributed by atoms with Gasteiger partial charge in [-0.15, -0.1) is 0 Å². The summed E-state index contributed by atoms with van der Waals surface area (Å²) in [7, 11) is 0. The molecule has 27 heavy (non-hydrogen) atoms. The van der Waals surface area contributed by atoms with Crippen LogP contribution in [0.3, 0.4) is 0 Å². The Balaban J connectivity index is 1.56. The van der Waals surface area contributed by atoms with Gasteiger partial charge < -0.3 is 18.9 Å². The maximum atomic E-state index is 12.1. The zero-order valence-corrected chi connectivity index (χ0v) is 15.3. The largest absolute Gasteiger partial charge is 0.459 e. The number of hydrogen-bond acceptors (Lipinski definition) is 6. The van der Waals surface area contributed by atoms with E-state index in [4.69, 9.17) is 18.9 Å². The third kappa shape index (κ3) is 5.15. The molecule has 1 aliphatic heterocycles. The molecule has 2 aromatic carbocycles. The van der Waals surface area contributed by atoms with Crippen molar-refractivity contribution < 1.29 is 28.5 Å². The van der Waals surface area contributed by atoms with Gasteiger partial charge in [0, 0.05) is 0 Å². The van der Waals surface area contributed by atoms with E-state index in [1.54, 1.807) is 62.4 Å². The molecule has 0 aromatic heterocycles. The molecule has 0 spiro atoms. The molecule has 0 unspecified atom stereocenters. The molecule has 142 valence electrons. The van der Waals surface area contributed by atoms with Gasteiger partial charge in [-0.1, -0.05) is 36.4 Å². The van der Waals surface area contributed by atoms with Crippen molar-refractivity contribution in [2.24, 2.45) is 0 Å². The highest BCUT2D eigenvalue weighted by atomic mass is 16.8. The first-order valence-electron chi connectivity index (χ1n) is 8.74. The van der Waals surface area contributed by atoms with E-state index in [0.717, 1.165) is 0 Å². The van der Waals surface area contributed by atoms with E-state index in [1.807, 2.05) is 12.1 Å². The number of carbonyl (C=O) groups excluding carboxylic acids is 2. The summed E-state index contributed by atoms with van der Waals surface area (Å²) in [5.74, 6) is -1.74. The number of ether oxygens (including phenoxy) is 4. The zero-order valence-electron chi connectivity index (χ0n) is 15.3. The molecule has 0 N–H and O–H groups in total. The number of rotatable bonds is 6. The summed E-state index contributed by atoms with van der Waals surface area (Å²) in [6.45, 7) is 3.53. The summed E-state index contributed by atoms with van der Waals surface area (Å²) in [5.41, 5.74) is 0.922. The predicted octanol–water partition coefficient (Wildman–Crippen LogP) is 3.22. The van der Waals surface area contributed by atoms with Crippen molar-refractivity contribution in [3.8, 4) is 0 Å². The molecule has 1 heterocycles. The average Bonchev–Trinajstić information content (AvgIpc) is 2.99. The van der Waals surface area contributed by atoms with Crippen molar-refractivity contribution >= 4 is 11.9 Å². The minimum atomic E-state index is -0.854. The second kappa shape index (κ2) is 8.33. The Kier molecular flexibility index (Phi) is 5.88. The summed E-state index contributed by atoms with van der Waals surface area (Å²) in [6, 6.07) is 17.4. The lowest BCUT2D eigenvalue weighted by Gasteiger charge is -2.17. The van der Waals surface area contributed by atoms with Crippen LogP contribution in [-0.2, 0) is 18.9 Å². The lowest BCUT2D eigenvalue weighted by molar-refractivity contribution is -0.151. The molecule has 0 saturated carbocycles. The van der Waals surface area contributed by atoms with Crippen LogP contribution >= 0.6 is 0 Å². The average molecular weight is 370 g/mol. The minimum Gasteiger partial charge on any atom is -0.459 e. The highest BCUT2D eigenvalue weighted by Crippen LogP contribution is 2.29. The van der Waals surface area contributed by atoms with Gasteiger partial charge in [-0.3, -0.25) is 0 Å². The molecule has 6 nitrogen and oxygen atoms in total. The van der Waals surface area contributed by atoms with Crippen LogP contribution in [0, 0.1) is 0 Å². The number of hydrogen-bond donors (Lipinski definition) is 0. The molecular formula is C21H22O6. The van der Waals surface area contributed by atoms with Crippen LogP contribution < -0.4 is 0 Å². The molecule has 0 bridgehead atoms. The summed E-state index contributed by atoms with van der Waals surface area (Å²) >= 11 is 0. The fourth-order valence-electron chi connectivity index (χ4n) is 2.82. The van der Waals surface area contributed by atoms with Crippen LogP contribution in [0.1, 0.15) is 34.6 Å². The molecule has 0 amide bonds. The number of benzene rings is 2. The maximum Gasteiger partial charge on any atom is 0.338 e. The van der Waals surface area contributed by atoms with Crippen molar-refractivity contribution in [1.29, 1.82) is 0 Å². The fraction of sp³-hybridized carbons (Fsp3) is 0.333. The molecule has 1 saturated heterocycles. The Labute approximate surface area is 158 Å². The van der Waals surface area contributed by atoms with Crippen molar-refractivity contribution in [3.63, 3.8) is 0 Å². The smallest absolute Gasteiger partial charge is 0.338 e. The predicted molar refractivity (Wildman–Crippen MR) is 97.3 cm³/mol. The van der Waals surface area contributed by atoms with Gasteiger partial charge in [0.15, 0.2) is 5.79 Å². The first-order chi connectivity index (χ1) is 12.9. The molecule has 1 fully saturated rings. The lowest BCUT2D eigenvalue weighted by Crippen LogP contribution is -2.33. The molecule has 2 atom stereocenters. The molecule has 6 heteroatoms. The van der Waals surface area contributed by atoms with E-state index in [1.165, 1.54) is 0 Å². The molecule has 2 aromatic rings. The normalized spacial score (nSPS) is 20.8. The molecular weight excluding hydrogens is 348 g/mol. The van der Waals surface area contributed by atoms with Crippen molar-refractivity contribution in [2.45, 2.75) is 31.8 Å². The third-order valence-electron chi connectivity index (χ3n) is 4.06. The quantitative estimate of drug-likeness (QED) is 0.727. The topological polar surface area (TPSA) is 71.1 Å². The van der Waals surface area contributed by atoms with Crippen molar-refractivity contribution in [3.05, 3.63) is 71.8 Å². The van der Waals surface area contributed by atoms with Gasteiger partial charge in [-0.2, -0.15) is 0 Å². The van der Waals surface area contributed by atoms with Gasteiger partial charge in [0.05, 0.1) is 11.1 Å². The zero-order chi connectivity index (χ0) is 19.3. The second-order valence-corrected chi connectivity index (χ2v) is 6.64. The van der Waals surface area contributed by atoms with Gasteiger partial charge in [-0.05, 0) is 38.1 Å². The molecule has 1 aliphatic rings. The van der Waals surface area contributed by atoms with E-state index in [-0.39, 0.29) is 13.2 Å². The maximum absolute atomic E-state index is 12.1. The van der Waals surface area contributed by atoms with E-state index in [0.29, 0.717) is 11.1 Å². The van der Waals surface area contributed by atoms with Crippen molar-refractivity contribution in [1.82, 2.24) is 0 Å². The molecule has 3 rings (SSSR count). The standard InChI is InChI=1S/C21H22O6/c1-21(2)26-17(13-24-19(22)15-9-5-3-6-10-15)18(27-21)14-25-20(23)16-11-7-4-8-12-16/h3-12,17-18H,13-14H2,1-2H3/t17-,18-/m1/s1. The SMILES string of the molecule is CC1(C)O[C@H](COC(=O)c2ccccc2)[C@@H](COC(=O)c2ccccc2)O1. The van der Waals surface area contributed by atoms with Crippen molar-refractivity contribution in [2.75, 3.05) is 13.2 Å².